The van der Waals surface area contributed by atoms with Gasteiger partial charge in [-0.3, -0.25) is 4.79 Å². The average Bonchev–Trinajstić information content (AvgIpc) is 2.82. The van der Waals surface area contributed by atoms with E-state index in [9.17, 15) is 13.6 Å². The van der Waals surface area contributed by atoms with Crippen molar-refractivity contribution in [1.82, 2.24) is 5.32 Å². The number of carbonyl (C=O) groups excluding carboxylic acids is 1. The molecule has 2 aliphatic carbocycles. The second kappa shape index (κ2) is 4.76. The summed E-state index contributed by atoms with van der Waals surface area (Å²) in [7, 11) is 0. The first-order valence-electron chi connectivity index (χ1n) is 8.02. The standard InChI is InChI=1S/C16H16BrF2NO2S/c17-14-7-3-16(18,19)2-6-1-10(12-8-4-22-5-9(8)12)20-15(21)13(23-14)11(6)7/h6,8-10,12H,1-5H2,(H,20,21)/t6?,8-,9+,10?,12?. The minimum Gasteiger partial charge on any atom is -0.381 e. The van der Waals surface area contributed by atoms with E-state index in [4.69, 9.17) is 4.74 Å². The van der Waals surface area contributed by atoms with Gasteiger partial charge in [0.25, 0.3) is 11.8 Å². The van der Waals surface area contributed by atoms with Crippen LogP contribution >= 0.6 is 27.3 Å². The van der Waals surface area contributed by atoms with Gasteiger partial charge >= 0.3 is 0 Å². The summed E-state index contributed by atoms with van der Waals surface area (Å²) in [5, 5.41) is 3.14. The van der Waals surface area contributed by atoms with Crippen LogP contribution in [-0.4, -0.2) is 31.1 Å². The Morgan fingerprint density at radius 3 is 2.78 bits per heavy atom. The number of thiophene rings is 1. The molecule has 1 saturated carbocycles. The summed E-state index contributed by atoms with van der Waals surface area (Å²) in [4.78, 5) is 13.3. The van der Waals surface area contributed by atoms with E-state index in [0.29, 0.717) is 38.4 Å². The average molecular weight is 404 g/mol. The predicted molar refractivity (Wildman–Crippen MR) is 85.2 cm³/mol. The molecular weight excluding hydrogens is 388 g/mol. The highest BCUT2D eigenvalue weighted by Gasteiger charge is 2.59. The van der Waals surface area contributed by atoms with Crippen molar-refractivity contribution in [3.05, 3.63) is 19.8 Å². The van der Waals surface area contributed by atoms with Gasteiger partial charge in [0.2, 0.25) is 0 Å². The second-order valence-electron chi connectivity index (χ2n) is 7.29. The second-order valence-corrected chi connectivity index (χ2v) is 9.63. The first kappa shape index (κ1) is 14.8. The molecule has 3 nitrogen and oxygen atoms in total. The van der Waals surface area contributed by atoms with Gasteiger partial charge in [-0.05, 0) is 57.1 Å². The van der Waals surface area contributed by atoms with Gasteiger partial charge in [0.15, 0.2) is 0 Å². The molecule has 23 heavy (non-hydrogen) atoms. The fourth-order valence-electron chi connectivity index (χ4n) is 4.94. The predicted octanol–water partition coefficient (Wildman–Crippen LogP) is 3.57. The van der Waals surface area contributed by atoms with E-state index in [0.717, 1.165) is 18.8 Å². The third kappa shape index (κ3) is 2.15. The summed E-state index contributed by atoms with van der Waals surface area (Å²) in [6.45, 7) is 1.50. The number of nitrogens with one attached hydrogen (secondary N) is 1. The summed E-state index contributed by atoms with van der Waals surface area (Å²) in [6.07, 6.45) is 0.235. The van der Waals surface area contributed by atoms with E-state index in [2.05, 4.69) is 21.2 Å². The molecule has 0 aromatic carbocycles. The van der Waals surface area contributed by atoms with Crippen LogP contribution in [0.4, 0.5) is 8.78 Å². The normalized spacial score (nSPS) is 40.1. The van der Waals surface area contributed by atoms with Crippen LogP contribution in [0.3, 0.4) is 0 Å². The lowest BCUT2D eigenvalue weighted by Crippen LogP contribution is -2.37. The molecule has 124 valence electrons. The van der Waals surface area contributed by atoms with Crippen LogP contribution in [0.15, 0.2) is 3.79 Å². The van der Waals surface area contributed by atoms with Gasteiger partial charge in [-0.2, -0.15) is 0 Å². The van der Waals surface area contributed by atoms with Crippen molar-refractivity contribution in [3.8, 4) is 0 Å². The quantitative estimate of drug-likeness (QED) is 0.778. The number of fused-ring (bicyclic) bond motifs is 1. The summed E-state index contributed by atoms with van der Waals surface area (Å²) in [6, 6.07) is 0.00604. The number of carbonyl (C=O) groups is 1. The highest BCUT2D eigenvalue weighted by Crippen LogP contribution is 2.57. The van der Waals surface area contributed by atoms with Crippen LogP contribution in [0.5, 0.6) is 0 Å². The zero-order chi connectivity index (χ0) is 15.9. The van der Waals surface area contributed by atoms with E-state index in [-0.39, 0.29) is 30.7 Å². The monoisotopic (exact) mass is 403 g/mol. The van der Waals surface area contributed by atoms with Crippen molar-refractivity contribution < 1.29 is 18.3 Å². The maximum Gasteiger partial charge on any atom is 0.261 e. The minimum absolute atomic E-state index is 0.00604. The Morgan fingerprint density at radius 2 is 2.04 bits per heavy atom. The van der Waals surface area contributed by atoms with E-state index in [1.54, 1.807) is 0 Å². The van der Waals surface area contributed by atoms with Crippen molar-refractivity contribution in [3.63, 3.8) is 0 Å². The lowest BCUT2D eigenvalue weighted by atomic mass is 9.78. The fraction of sp³-hybridized carbons (Fsp3) is 0.688. The molecule has 3 heterocycles. The molecule has 1 amide bonds. The lowest BCUT2D eigenvalue weighted by molar-refractivity contribution is -0.0222. The Balaban J connectivity index is 1.53. The van der Waals surface area contributed by atoms with Gasteiger partial charge in [0.05, 0.1) is 21.9 Å². The number of hydrogen-bond donors (Lipinski definition) is 1. The molecule has 7 heteroatoms. The van der Waals surface area contributed by atoms with Crippen molar-refractivity contribution >= 4 is 33.2 Å². The smallest absolute Gasteiger partial charge is 0.261 e. The van der Waals surface area contributed by atoms with Gasteiger partial charge in [-0.15, -0.1) is 11.3 Å². The Morgan fingerprint density at radius 1 is 1.30 bits per heavy atom. The van der Waals surface area contributed by atoms with Gasteiger partial charge in [0.1, 0.15) is 0 Å². The van der Waals surface area contributed by atoms with Crippen LogP contribution < -0.4 is 5.32 Å². The molecule has 1 N–H and O–H groups in total. The highest BCUT2D eigenvalue weighted by atomic mass is 79.9. The molecule has 3 unspecified atom stereocenters. The molecule has 5 atom stereocenters. The topological polar surface area (TPSA) is 38.3 Å². The molecule has 1 saturated heterocycles. The first-order valence-corrected chi connectivity index (χ1v) is 9.63. The van der Waals surface area contributed by atoms with Crippen LogP contribution in [0, 0.1) is 17.8 Å². The molecule has 1 aromatic heterocycles. The Labute approximate surface area is 144 Å². The summed E-state index contributed by atoms with van der Waals surface area (Å²) in [5.41, 5.74) is 1.54. The van der Waals surface area contributed by atoms with Gasteiger partial charge in [-0.1, -0.05) is 0 Å². The molecule has 4 aliphatic rings. The Bertz CT molecular complexity index is 696. The van der Waals surface area contributed by atoms with E-state index in [1.807, 2.05) is 0 Å². The number of alkyl halides is 2. The molecule has 0 spiro atoms. The van der Waals surface area contributed by atoms with E-state index in [1.165, 1.54) is 11.3 Å². The summed E-state index contributed by atoms with van der Waals surface area (Å²) in [5.74, 6) is -1.57. The SMILES string of the molecule is O=C1NC(C2[C@H]3COC[C@@H]23)CC2CC(F)(F)Cc3c(Br)sc1c32. The maximum atomic E-state index is 14.2. The van der Waals surface area contributed by atoms with Crippen molar-refractivity contribution in [2.24, 2.45) is 17.8 Å². The van der Waals surface area contributed by atoms with Crippen molar-refractivity contribution in [2.75, 3.05) is 13.2 Å². The third-order valence-corrected chi connectivity index (χ3v) is 7.93. The highest BCUT2D eigenvalue weighted by molar-refractivity contribution is 9.11. The lowest BCUT2D eigenvalue weighted by Gasteiger charge is -2.31. The van der Waals surface area contributed by atoms with Gasteiger partial charge in [-0.25, -0.2) is 8.78 Å². The molecule has 2 aliphatic heterocycles. The zero-order valence-corrected chi connectivity index (χ0v) is 14.7. The molecule has 2 fully saturated rings. The van der Waals surface area contributed by atoms with Gasteiger partial charge < -0.3 is 10.1 Å². The maximum absolute atomic E-state index is 14.2. The van der Waals surface area contributed by atoms with Crippen LogP contribution in [0.1, 0.15) is 39.6 Å². The molecule has 1 aromatic rings. The molecular formula is C16H16BrF2NO2S. The van der Waals surface area contributed by atoms with Crippen LogP contribution in [0.2, 0.25) is 0 Å². The zero-order valence-electron chi connectivity index (χ0n) is 12.3. The van der Waals surface area contributed by atoms with E-state index < -0.39 is 5.92 Å². The largest absolute Gasteiger partial charge is 0.381 e. The minimum atomic E-state index is -2.68. The summed E-state index contributed by atoms with van der Waals surface area (Å²) >= 11 is 4.70. The molecule has 5 rings (SSSR count). The summed E-state index contributed by atoms with van der Waals surface area (Å²) < 4.78 is 34.5. The number of amides is 1. The number of ether oxygens (including phenoxy) is 1. The fourth-order valence-corrected chi connectivity index (χ4v) is 6.82. The molecule has 0 bridgehead atoms. The molecule has 0 radical (unpaired) electrons. The van der Waals surface area contributed by atoms with Gasteiger partial charge in [0, 0.05) is 18.9 Å². The van der Waals surface area contributed by atoms with Crippen LogP contribution in [-0.2, 0) is 11.2 Å². The first-order chi connectivity index (χ1) is 10.9. The Kier molecular flexibility index (Phi) is 3.06. The Hall–Kier alpha value is -0.530. The third-order valence-electron chi connectivity index (χ3n) is 5.93. The van der Waals surface area contributed by atoms with E-state index >= 15 is 0 Å². The number of hydrogen-bond acceptors (Lipinski definition) is 3. The van der Waals surface area contributed by atoms with Crippen LogP contribution in [0.25, 0.3) is 0 Å². The van der Waals surface area contributed by atoms with Crippen molar-refractivity contribution in [1.29, 1.82) is 0 Å². The number of rotatable bonds is 1. The number of halogens is 3. The van der Waals surface area contributed by atoms with Crippen molar-refractivity contribution in [2.45, 2.75) is 37.1 Å².